The van der Waals surface area contributed by atoms with Crippen molar-refractivity contribution in [1.29, 1.82) is 0 Å². The number of hydrogen-bond donors (Lipinski definition) is 2. The second kappa shape index (κ2) is 9.22. The molecule has 0 heterocycles. The fourth-order valence-corrected chi connectivity index (χ4v) is 2.52. The number of carbonyl (C=O) groups excluding carboxylic acids is 3. The molecule has 0 unspecified atom stereocenters. The van der Waals surface area contributed by atoms with Crippen molar-refractivity contribution in [3.05, 3.63) is 35.4 Å². The lowest BCUT2D eigenvalue weighted by Gasteiger charge is -2.23. The van der Waals surface area contributed by atoms with Gasteiger partial charge in [0.25, 0.3) is 11.8 Å². The van der Waals surface area contributed by atoms with E-state index in [4.69, 9.17) is 4.74 Å². The van der Waals surface area contributed by atoms with Gasteiger partial charge in [0.05, 0.1) is 0 Å². The minimum Gasteiger partial charge on any atom is -0.454 e. The molecule has 0 saturated carbocycles. The molecule has 0 aromatic heterocycles. The highest BCUT2D eigenvalue weighted by Gasteiger charge is 2.27. The summed E-state index contributed by atoms with van der Waals surface area (Å²) in [5, 5.41) is 5.44. The number of carbonyl (C=O) groups is 3. The molecular weight excluding hydrogens is 356 g/mol. The van der Waals surface area contributed by atoms with Crippen molar-refractivity contribution in [3.63, 3.8) is 0 Å². The monoisotopic (exact) mass is 390 g/mol. The van der Waals surface area contributed by atoms with E-state index in [1.165, 1.54) is 0 Å². The van der Waals surface area contributed by atoms with Crippen LogP contribution in [0.1, 0.15) is 71.3 Å². The molecule has 1 rings (SSSR count). The third kappa shape index (κ3) is 7.71. The van der Waals surface area contributed by atoms with Crippen LogP contribution in [0.5, 0.6) is 0 Å². The van der Waals surface area contributed by atoms with E-state index in [0.717, 1.165) is 5.56 Å². The van der Waals surface area contributed by atoms with E-state index >= 15 is 0 Å². The maximum atomic E-state index is 12.6. The molecule has 0 saturated heterocycles. The molecule has 6 heteroatoms. The van der Waals surface area contributed by atoms with Crippen LogP contribution >= 0.6 is 0 Å². The Balaban J connectivity index is 2.74. The fourth-order valence-electron chi connectivity index (χ4n) is 2.52. The Bertz CT molecular complexity index is 695. The number of nitrogens with one attached hydrogen (secondary N) is 2. The van der Waals surface area contributed by atoms with E-state index in [2.05, 4.69) is 31.4 Å². The van der Waals surface area contributed by atoms with Crippen molar-refractivity contribution in [2.45, 2.75) is 72.4 Å². The number of hydrogen-bond acceptors (Lipinski definition) is 4. The Morgan fingerprint density at radius 1 is 0.964 bits per heavy atom. The molecule has 156 valence electrons. The van der Waals surface area contributed by atoms with E-state index in [9.17, 15) is 14.4 Å². The molecule has 2 amide bonds. The largest absolute Gasteiger partial charge is 0.454 e. The molecule has 2 N–H and O–H groups in total. The molecule has 0 fully saturated rings. The van der Waals surface area contributed by atoms with Gasteiger partial charge in [-0.15, -0.1) is 0 Å². The minimum absolute atomic E-state index is 0.00704. The highest BCUT2D eigenvalue weighted by atomic mass is 16.5. The first-order valence-electron chi connectivity index (χ1n) is 9.60. The van der Waals surface area contributed by atoms with Crippen LogP contribution in [-0.4, -0.2) is 36.0 Å². The Kier molecular flexibility index (Phi) is 7.79. The van der Waals surface area contributed by atoms with Gasteiger partial charge in [0.1, 0.15) is 6.04 Å². The van der Waals surface area contributed by atoms with Crippen molar-refractivity contribution in [2.75, 3.05) is 6.61 Å². The molecule has 1 aromatic carbocycles. The lowest BCUT2D eigenvalue weighted by Crippen LogP contribution is -2.47. The van der Waals surface area contributed by atoms with Crippen molar-refractivity contribution in [3.8, 4) is 0 Å². The molecule has 0 radical (unpaired) electrons. The van der Waals surface area contributed by atoms with Crippen LogP contribution < -0.4 is 10.6 Å². The van der Waals surface area contributed by atoms with E-state index in [-0.39, 0.29) is 29.8 Å². The van der Waals surface area contributed by atoms with Gasteiger partial charge < -0.3 is 15.4 Å². The van der Waals surface area contributed by atoms with Crippen LogP contribution in [0.4, 0.5) is 0 Å². The summed E-state index contributed by atoms with van der Waals surface area (Å²) < 4.78 is 5.11. The highest BCUT2D eigenvalue weighted by molar-refractivity contribution is 5.97. The zero-order valence-corrected chi connectivity index (χ0v) is 18.3. The normalized spacial score (nSPS) is 13.0. The highest BCUT2D eigenvalue weighted by Crippen LogP contribution is 2.22. The molecule has 0 aliphatic rings. The van der Waals surface area contributed by atoms with Crippen LogP contribution in [0.2, 0.25) is 0 Å². The molecule has 28 heavy (non-hydrogen) atoms. The maximum Gasteiger partial charge on any atom is 0.329 e. The van der Waals surface area contributed by atoms with Crippen molar-refractivity contribution in [2.24, 2.45) is 5.92 Å². The van der Waals surface area contributed by atoms with E-state index in [1.54, 1.807) is 12.1 Å². The second-order valence-electron chi connectivity index (χ2n) is 9.43. The summed E-state index contributed by atoms with van der Waals surface area (Å²) >= 11 is 0. The van der Waals surface area contributed by atoms with Gasteiger partial charge in [0.15, 0.2) is 6.61 Å². The average molecular weight is 391 g/mol. The molecule has 6 nitrogen and oxygen atoms in total. The first kappa shape index (κ1) is 23.7. The lowest BCUT2D eigenvalue weighted by molar-refractivity contribution is -0.151. The second-order valence-corrected chi connectivity index (χ2v) is 9.43. The number of esters is 1. The quantitative estimate of drug-likeness (QED) is 0.731. The van der Waals surface area contributed by atoms with Crippen molar-refractivity contribution in [1.82, 2.24) is 10.6 Å². The van der Waals surface area contributed by atoms with Gasteiger partial charge in [-0.25, -0.2) is 4.79 Å². The third-order valence-corrected chi connectivity index (χ3v) is 4.08. The summed E-state index contributed by atoms with van der Waals surface area (Å²) in [4.78, 5) is 36.8. The summed E-state index contributed by atoms with van der Waals surface area (Å²) in [6, 6.07) is 6.48. The molecule has 1 aromatic rings. The molecule has 0 aliphatic heterocycles. The smallest absolute Gasteiger partial charge is 0.329 e. The van der Waals surface area contributed by atoms with Gasteiger partial charge in [-0.1, -0.05) is 46.8 Å². The summed E-state index contributed by atoms with van der Waals surface area (Å²) in [5.74, 6) is -1.54. The van der Waals surface area contributed by atoms with Crippen LogP contribution in [-0.2, 0) is 19.7 Å². The van der Waals surface area contributed by atoms with Crippen LogP contribution in [0.25, 0.3) is 0 Å². The average Bonchev–Trinajstić information content (AvgIpc) is 2.54. The van der Waals surface area contributed by atoms with Crippen molar-refractivity contribution < 1.29 is 19.1 Å². The Hall–Kier alpha value is -2.37. The number of benzene rings is 1. The van der Waals surface area contributed by atoms with Gasteiger partial charge >= 0.3 is 5.97 Å². The predicted octanol–water partition coefficient (Wildman–Crippen LogP) is 3.20. The fraction of sp³-hybridized carbons (Fsp3) is 0.591. The van der Waals surface area contributed by atoms with Gasteiger partial charge in [-0.05, 0) is 49.8 Å². The first-order valence-corrected chi connectivity index (χ1v) is 9.60. The zero-order chi connectivity index (χ0) is 21.7. The Labute approximate surface area is 168 Å². The number of rotatable bonds is 6. The minimum atomic E-state index is -0.836. The Morgan fingerprint density at radius 2 is 1.50 bits per heavy atom. The lowest BCUT2D eigenvalue weighted by atomic mass is 9.86. The number of amides is 2. The molecule has 0 bridgehead atoms. The zero-order valence-electron chi connectivity index (χ0n) is 18.3. The molecule has 0 spiro atoms. The third-order valence-electron chi connectivity index (χ3n) is 4.08. The molecular formula is C22H34N2O4. The van der Waals surface area contributed by atoms with Crippen molar-refractivity contribution >= 4 is 17.8 Å². The van der Waals surface area contributed by atoms with E-state index in [1.807, 2.05) is 46.8 Å². The number of ether oxygens (including phenoxy) is 1. The first-order chi connectivity index (χ1) is 12.7. The van der Waals surface area contributed by atoms with Gasteiger partial charge in [-0.2, -0.15) is 0 Å². The van der Waals surface area contributed by atoms with Gasteiger partial charge in [0.2, 0.25) is 0 Å². The topological polar surface area (TPSA) is 84.5 Å². The van der Waals surface area contributed by atoms with Crippen LogP contribution in [0.15, 0.2) is 24.3 Å². The summed E-state index contributed by atoms with van der Waals surface area (Å²) in [6.45, 7) is 15.1. The van der Waals surface area contributed by atoms with Crippen LogP contribution in [0, 0.1) is 5.92 Å². The maximum absolute atomic E-state index is 12.6. The predicted molar refractivity (Wildman–Crippen MR) is 110 cm³/mol. The van der Waals surface area contributed by atoms with Gasteiger partial charge in [0, 0.05) is 11.1 Å². The van der Waals surface area contributed by atoms with Crippen LogP contribution in [0.3, 0.4) is 0 Å². The summed E-state index contributed by atoms with van der Waals surface area (Å²) in [7, 11) is 0. The summed E-state index contributed by atoms with van der Waals surface area (Å²) in [5.41, 5.74) is 1.17. The van der Waals surface area contributed by atoms with E-state index in [0.29, 0.717) is 5.56 Å². The standard InChI is InChI=1S/C22H34N2O4/c1-14(2)18(20(27)28-13-17(25)24-22(6,7)8)23-19(26)15-9-11-16(12-10-15)21(3,4)5/h9-12,14,18H,13H2,1-8H3,(H,23,26)(H,24,25)/t18-/m0/s1. The van der Waals surface area contributed by atoms with E-state index < -0.39 is 17.6 Å². The van der Waals surface area contributed by atoms with Gasteiger partial charge in [-0.3, -0.25) is 9.59 Å². The SMILES string of the molecule is CC(C)[C@H](NC(=O)c1ccc(C(C)(C)C)cc1)C(=O)OCC(=O)NC(C)(C)C. The molecule has 1 atom stereocenters. The molecule has 0 aliphatic carbocycles. The summed E-state index contributed by atoms with van der Waals surface area (Å²) in [6.07, 6.45) is 0. The Morgan fingerprint density at radius 3 is 1.93 bits per heavy atom.